The van der Waals surface area contributed by atoms with Crippen LogP contribution in [-0.4, -0.2) is 0 Å². The van der Waals surface area contributed by atoms with Crippen molar-refractivity contribution < 1.29 is 0 Å². The van der Waals surface area contributed by atoms with E-state index in [4.69, 9.17) is 0 Å². The van der Waals surface area contributed by atoms with Crippen LogP contribution in [0.25, 0.3) is 0 Å². The molecule has 0 unspecified atom stereocenters. The van der Waals surface area contributed by atoms with Gasteiger partial charge in [0.25, 0.3) is 0 Å². The van der Waals surface area contributed by atoms with Gasteiger partial charge >= 0.3 is 0 Å². The zero-order valence-electron chi connectivity index (χ0n) is 13.3. The molecule has 1 aromatic rings. The van der Waals surface area contributed by atoms with Crippen molar-refractivity contribution in [3.63, 3.8) is 0 Å². The second-order valence-corrected chi connectivity index (χ2v) is 7.38. The van der Waals surface area contributed by atoms with Crippen molar-refractivity contribution >= 4 is 0 Å². The molecule has 0 N–H and O–H groups in total. The lowest BCUT2D eigenvalue weighted by Gasteiger charge is -2.37. The Labute approximate surface area is 130 Å². The molecular formula is C21H30. The lowest BCUT2D eigenvalue weighted by atomic mass is 9.68. The Morgan fingerprint density at radius 3 is 1.95 bits per heavy atom. The van der Waals surface area contributed by atoms with E-state index in [0.717, 1.165) is 23.7 Å². The van der Waals surface area contributed by atoms with Crippen LogP contribution in [0.2, 0.25) is 0 Å². The van der Waals surface area contributed by atoms with Gasteiger partial charge in [0, 0.05) is 0 Å². The first-order chi connectivity index (χ1) is 10.3. The molecular weight excluding hydrogens is 252 g/mol. The number of hydrogen-bond donors (Lipinski definition) is 0. The van der Waals surface area contributed by atoms with E-state index in [9.17, 15) is 0 Å². The second-order valence-electron chi connectivity index (χ2n) is 7.38. The van der Waals surface area contributed by atoms with Crippen molar-refractivity contribution in [2.75, 3.05) is 0 Å². The van der Waals surface area contributed by atoms with Gasteiger partial charge in [-0.3, -0.25) is 0 Å². The third-order valence-electron chi connectivity index (χ3n) is 6.08. The second kappa shape index (κ2) is 7.29. The van der Waals surface area contributed by atoms with Crippen LogP contribution < -0.4 is 0 Å². The summed E-state index contributed by atoms with van der Waals surface area (Å²) in [6, 6.07) is 11.1. The SMILES string of the molecule is C=CC1CCC(C2CCC(Cc3ccccc3)CC2)CC1. The summed E-state index contributed by atoms with van der Waals surface area (Å²) in [6.45, 7) is 3.97. The zero-order valence-corrected chi connectivity index (χ0v) is 13.3. The molecule has 1 aromatic carbocycles. The Kier molecular flexibility index (Phi) is 5.17. The summed E-state index contributed by atoms with van der Waals surface area (Å²) in [5.74, 6) is 3.81. The Balaban J connectivity index is 1.44. The topological polar surface area (TPSA) is 0 Å². The molecule has 114 valence electrons. The maximum Gasteiger partial charge on any atom is -0.0236 e. The molecule has 0 nitrogen and oxygen atoms in total. The Morgan fingerprint density at radius 1 is 0.810 bits per heavy atom. The van der Waals surface area contributed by atoms with Crippen LogP contribution in [0, 0.1) is 23.7 Å². The first-order valence-electron chi connectivity index (χ1n) is 9.01. The molecule has 0 saturated heterocycles. The van der Waals surface area contributed by atoms with E-state index >= 15 is 0 Å². The lowest BCUT2D eigenvalue weighted by molar-refractivity contribution is 0.155. The van der Waals surface area contributed by atoms with Gasteiger partial charge in [0.15, 0.2) is 0 Å². The lowest BCUT2D eigenvalue weighted by Crippen LogP contribution is -2.26. The summed E-state index contributed by atoms with van der Waals surface area (Å²) in [5, 5.41) is 0. The molecule has 2 saturated carbocycles. The number of hydrogen-bond acceptors (Lipinski definition) is 0. The Morgan fingerprint density at radius 2 is 1.38 bits per heavy atom. The molecule has 0 atom stereocenters. The van der Waals surface area contributed by atoms with E-state index in [-0.39, 0.29) is 0 Å². The summed E-state index contributed by atoms with van der Waals surface area (Å²) < 4.78 is 0. The molecule has 21 heavy (non-hydrogen) atoms. The van der Waals surface area contributed by atoms with Gasteiger partial charge in [0.1, 0.15) is 0 Å². The number of benzene rings is 1. The normalized spacial score (nSPS) is 33.5. The number of allylic oxidation sites excluding steroid dienone is 1. The molecule has 2 aliphatic carbocycles. The number of rotatable bonds is 4. The average molecular weight is 282 g/mol. The predicted octanol–water partition coefficient (Wildman–Crippen LogP) is 6.03. The largest absolute Gasteiger partial charge is 0.103 e. The summed E-state index contributed by atoms with van der Waals surface area (Å²) in [6.07, 6.45) is 15.1. The fourth-order valence-corrected chi connectivity index (χ4v) is 4.66. The summed E-state index contributed by atoms with van der Waals surface area (Å²) in [7, 11) is 0. The minimum Gasteiger partial charge on any atom is -0.103 e. The van der Waals surface area contributed by atoms with E-state index < -0.39 is 0 Å². The molecule has 0 aromatic heterocycles. The fraction of sp³-hybridized carbons (Fsp3) is 0.619. The summed E-state index contributed by atoms with van der Waals surface area (Å²) in [4.78, 5) is 0. The van der Waals surface area contributed by atoms with Crippen LogP contribution in [0.1, 0.15) is 56.9 Å². The van der Waals surface area contributed by atoms with Crippen molar-refractivity contribution in [1.82, 2.24) is 0 Å². The van der Waals surface area contributed by atoms with Gasteiger partial charge < -0.3 is 0 Å². The molecule has 0 radical (unpaired) electrons. The van der Waals surface area contributed by atoms with Gasteiger partial charge in [-0.2, -0.15) is 0 Å². The van der Waals surface area contributed by atoms with Crippen molar-refractivity contribution in [3.8, 4) is 0 Å². The van der Waals surface area contributed by atoms with Gasteiger partial charge in [0.05, 0.1) is 0 Å². The highest BCUT2D eigenvalue weighted by Crippen LogP contribution is 2.42. The molecule has 3 rings (SSSR count). The van der Waals surface area contributed by atoms with E-state index in [0.29, 0.717) is 0 Å². The summed E-state index contributed by atoms with van der Waals surface area (Å²) >= 11 is 0. The van der Waals surface area contributed by atoms with Gasteiger partial charge in [0.2, 0.25) is 0 Å². The molecule has 0 aliphatic heterocycles. The highest BCUT2D eigenvalue weighted by atomic mass is 14.4. The van der Waals surface area contributed by atoms with E-state index in [2.05, 4.69) is 43.0 Å². The first-order valence-corrected chi connectivity index (χ1v) is 9.01. The van der Waals surface area contributed by atoms with Gasteiger partial charge in [-0.05, 0) is 87.0 Å². The van der Waals surface area contributed by atoms with Gasteiger partial charge in [-0.25, -0.2) is 0 Å². The minimum atomic E-state index is 0.815. The van der Waals surface area contributed by atoms with Crippen LogP contribution in [0.3, 0.4) is 0 Å². The van der Waals surface area contributed by atoms with Crippen LogP contribution >= 0.6 is 0 Å². The predicted molar refractivity (Wildman–Crippen MR) is 91.2 cm³/mol. The molecule has 0 heterocycles. The van der Waals surface area contributed by atoms with Crippen LogP contribution in [-0.2, 0) is 6.42 Å². The maximum absolute atomic E-state index is 3.97. The van der Waals surface area contributed by atoms with E-state index in [1.54, 1.807) is 0 Å². The van der Waals surface area contributed by atoms with Crippen molar-refractivity contribution in [1.29, 1.82) is 0 Å². The van der Waals surface area contributed by atoms with Crippen LogP contribution in [0.15, 0.2) is 43.0 Å². The molecule has 0 amide bonds. The maximum atomic E-state index is 3.97. The van der Waals surface area contributed by atoms with Crippen LogP contribution in [0.5, 0.6) is 0 Å². The van der Waals surface area contributed by atoms with E-state index in [1.165, 1.54) is 63.4 Å². The minimum absolute atomic E-state index is 0.815. The molecule has 0 heteroatoms. The van der Waals surface area contributed by atoms with Gasteiger partial charge in [-0.15, -0.1) is 6.58 Å². The smallest absolute Gasteiger partial charge is 0.0236 e. The molecule has 0 bridgehead atoms. The fourth-order valence-electron chi connectivity index (χ4n) is 4.66. The zero-order chi connectivity index (χ0) is 14.5. The monoisotopic (exact) mass is 282 g/mol. The Hall–Kier alpha value is -1.04. The third-order valence-corrected chi connectivity index (χ3v) is 6.08. The average Bonchev–Trinajstić information content (AvgIpc) is 2.57. The summed E-state index contributed by atoms with van der Waals surface area (Å²) in [5.41, 5.74) is 1.53. The molecule has 2 aliphatic rings. The standard InChI is InChI=1S/C21H30/c1-2-17-8-12-20(13-9-17)21-14-10-19(11-15-21)16-18-6-4-3-5-7-18/h2-7,17,19-21H,1,8-16H2. The quantitative estimate of drug-likeness (QED) is 0.592. The highest BCUT2D eigenvalue weighted by molar-refractivity contribution is 5.15. The first kappa shape index (κ1) is 14.9. The van der Waals surface area contributed by atoms with Crippen molar-refractivity contribution in [2.24, 2.45) is 23.7 Å². The van der Waals surface area contributed by atoms with Crippen LogP contribution in [0.4, 0.5) is 0 Å². The highest BCUT2D eigenvalue weighted by Gasteiger charge is 2.30. The Bertz CT molecular complexity index is 417. The van der Waals surface area contributed by atoms with Crippen molar-refractivity contribution in [3.05, 3.63) is 48.6 Å². The van der Waals surface area contributed by atoms with Crippen molar-refractivity contribution in [2.45, 2.75) is 57.8 Å². The van der Waals surface area contributed by atoms with Gasteiger partial charge in [-0.1, -0.05) is 36.4 Å². The van der Waals surface area contributed by atoms with E-state index in [1.807, 2.05) is 0 Å². The third kappa shape index (κ3) is 3.99. The molecule has 0 spiro atoms. The molecule has 2 fully saturated rings.